The topological polar surface area (TPSA) is 477 Å². The molecule has 554 valence electrons. The van der Waals surface area contributed by atoms with Crippen LogP contribution in [0.15, 0.2) is 11.6 Å². The zero-order valence-electron chi connectivity index (χ0n) is 57.1. The standard InChI is InChI=1S/C64H106O31S.Na/c1-23(2)24(3)14-19-64(11,79)37-13-12-32-31-21-35(34-20-30(95-96(80,81)82)15-17-62(34,9)33(31)16-18-63(32,37)10)88-58-49(77)53(41(69)27(6)84-58)92-61-55(94-56-46(74)43(71)38(66)25(4)83-56)48(76)51(29(8)87-61)90-60-54(45(73)39(67)26(5)86-60)93-59-50(78)52(40(68)28(7)85-59)91-57-47(75)44(72)42(70)36(22-65)89-57;/h16,23-32,34-40,42-61,65-68,70-79H,12-15,17-22H2,1-11H3,(H,80,81,82);/q;+1/p-1/t24-,25-,26-,27-,28-,29-,30+,31-,32-,34+,35-,36-,37+,38-,39+,40+,42+,43?,44-,45-,46+,47+,48-,49-,50+,51-,52-,53-,54+,55+,56+,57+,58+,59+,60+,61+,62-,63-,64-;/m0./s1. The number of hydrogen-bond donors (Lipinski definition) is 14. The Balaban J connectivity index is 0.0000110. The molecule has 6 heterocycles. The molecule has 10 aliphatic rings. The number of carbonyl (C=O) groups is 1. The van der Waals surface area contributed by atoms with E-state index in [1.54, 1.807) is 0 Å². The maximum atomic E-state index is 14.5. The molecule has 97 heavy (non-hydrogen) atoms. The van der Waals surface area contributed by atoms with Gasteiger partial charge in [0.2, 0.25) is 10.4 Å². The first-order chi connectivity index (χ1) is 44.8. The molecule has 9 fully saturated rings. The van der Waals surface area contributed by atoms with Crippen molar-refractivity contribution in [3.05, 3.63) is 11.6 Å². The van der Waals surface area contributed by atoms with Crippen molar-refractivity contribution >= 4 is 16.2 Å². The third kappa shape index (κ3) is 16.0. The number of allylic oxidation sites excluding steroid dienone is 2. The maximum absolute atomic E-state index is 14.5. The van der Waals surface area contributed by atoms with E-state index in [-0.39, 0.29) is 65.6 Å². The molecule has 10 rings (SSSR count). The molecule has 6 aliphatic heterocycles. The Bertz CT molecular complexity index is 2770. The van der Waals surface area contributed by atoms with Crippen molar-refractivity contribution in [2.45, 2.75) is 330 Å². The molecular weight excluding hydrogens is 1320 g/mol. The van der Waals surface area contributed by atoms with Gasteiger partial charge in [0.15, 0.2) is 49.6 Å². The van der Waals surface area contributed by atoms with Crippen LogP contribution in [-0.4, -0.2) is 293 Å². The average Bonchev–Trinajstić information content (AvgIpc) is 1.69. The van der Waals surface area contributed by atoms with E-state index in [9.17, 15) is 89.3 Å². The minimum Gasteiger partial charge on any atom is -0.726 e. The zero-order valence-corrected chi connectivity index (χ0v) is 59.9. The van der Waals surface area contributed by atoms with Crippen LogP contribution in [0.25, 0.3) is 0 Å². The first-order valence-electron chi connectivity index (χ1n) is 34.1. The Morgan fingerprint density at radius 3 is 1.73 bits per heavy atom. The number of hydrogen-bond acceptors (Lipinski definition) is 31. The minimum absolute atomic E-state index is 0. The summed E-state index contributed by atoms with van der Waals surface area (Å²) in [7, 11) is -5.14. The number of fused-ring (bicyclic) bond motifs is 5. The van der Waals surface area contributed by atoms with E-state index < -0.39 is 230 Å². The summed E-state index contributed by atoms with van der Waals surface area (Å²) in [4.78, 5) is 14.5. The molecule has 39 atom stereocenters. The van der Waals surface area contributed by atoms with Gasteiger partial charge < -0.3 is 133 Å². The van der Waals surface area contributed by atoms with Crippen LogP contribution in [0.1, 0.15) is 134 Å². The van der Waals surface area contributed by atoms with Gasteiger partial charge in [-0.15, -0.1) is 0 Å². The first kappa shape index (κ1) is 80.3. The summed E-state index contributed by atoms with van der Waals surface area (Å²) >= 11 is 0. The van der Waals surface area contributed by atoms with E-state index in [2.05, 4.69) is 40.7 Å². The fraction of sp³-hybridized carbons (Fsp3) is 0.953. The van der Waals surface area contributed by atoms with Gasteiger partial charge in [0.05, 0.1) is 48.8 Å². The monoisotopic (exact) mass is 1420 g/mol. The molecule has 6 saturated heterocycles. The molecule has 0 bridgehead atoms. The minimum atomic E-state index is -5.14. The van der Waals surface area contributed by atoms with Crippen LogP contribution in [0, 0.1) is 46.3 Å². The van der Waals surface area contributed by atoms with Crippen LogP contribution >= 0.6 is 0 Å². The summed E-state index contributed by atoms with van der Waals surface area (Å²) in [5, 5.41) is 158. The largest absolute Gasteiger partial charge is 1.00 e. The van der Waals surface area contributed by atoms with Crippen molar-refractivity contribution in [2.24, 2.45) is 46.3 Å². The molecule has 0 aromatic heterocycles. The Morgan fingerprint density at radius 1 is 0.588 bits per heavy atom. The number of aliphatic hydroxyl groups excluding tert-OH is 13. The van der Waals surface area contributed by atoms with Gasteiger partial charge in [0.25, 0.3) is 0 Å². The Kier molecular flexibility index (Phi) is 26.0. The van der Waals surface area contributed by atoms with Gasteiger partial charge in [0, 0.05) is 0 Å². The smallest absolute Gasteiger partial charge is 0.726 e. The molecule has 0 aromatic carbocycles. The average molecular weight is 1430 g/mol. The van der Waals surface area contributed by atoms with Crippen LogP contribution in [0.5, 0.6) is 0 Å². The van der Waals surface area contributed by atoms with Gasteiger partial charge in [0.1, 0.15) is 110 Å². The molecule has 4 aliphatic carbocycles. The van der Waals surface area contributed by atoms with E-state index in [4.69, 9.17) is 61.0 Å². The van der Waals surface area contributed by atoms with Gasteiger partial charge in [-0.2, -0.15) is 0 Å². The molecule has 0 radical (unpaired) electrons. The molecule has 0 amide bonds. The second kappa shape index (κ2) is 31.4. The Hall–Kier alpha value is -0.760. The summed E-state index contributed by atoms with van der Waals surface area (Å²) in [6.07, 6.45) is -45.7. The second-order valence-electron chi connectivity index (χ2n) is 30.1. The van der Waals surface area contributed by atoms with E-state index >= 15 is 0 Å². The van der Waals surface area contributed by atoms with E-state index in [0.717, 1.165) is 19.3 Å². The number of ketones is 1. The summed E-state index contributed by atoms with van der Waals surface area (Å²) in [5.74, 6) is -0.630. The van der Waals surface area contributed by atoms with E-state index in [1.807, 2.05) is 6.92 Å². The van der Waals surface area contributed by atoms with Gasteiger partial charge in [-0.05, 0) is 146 Å². The van der Waals surface area contributed by atoms with Crippen LogP contribution < -0.4 is 29.6 Å². The number of Topliss-reactive ketones (excluding diaryl/α,β-unsaturated/α-hetero) is 1. The number of carbonyl (C=O) groups excluding carboxylic acids is 1. The Labute approximate surface area is 587 Å². The van der Waals surface area contributed by atoms with Gasteiger partial charge in [-0.1, -0.05) is 46.3 Å². The van der Waals surface area contributed by atoms with Gasteiger partial charge in [-0.25, -0.2) is 8.42 Å². The summed E-state index contributed by atoms with van der Waals surface area (Å²) < 4.78 is 115. The molecule has 14 N–H and O–H groups in total. The third-order valence-corrected chi connectivity index (χ3v) is 24.1. The summed E-state index contributed by atoms with van der Waals surface area (Å²) in [5.41, 5.74) is -0.797. The predicted octanol–water partition coefficient (Wildman–Crippen LogP) is -5.50. The van der Waals surface area contributed by atoms with Crippen LogP contribution in [0.3, 0.4) is 0 Å². The molecule has 31 nitrogen and oxygen atoms in total. The molecule has 1 unspecified atom stereocenters. The van der Waals surface area contributed by atoms with Crippen LogP contribution in [0.2, 0.25) is 0 Å². The number of aliphatic hydroxyl groups is 14. The summed E-state index contributed by atoms with van der Waals surface area (Å²) in [6.45, 7) is 18.8. The van der Waals surface area contributed by atoms with Crippen molar-refractivity contribution in [3.63, 3.8) is 0 Å². The SMILES string of the molecule is CC(C)[C@@H](C)CC[C@](C)(O)[C@@H]1CC[C@H]2[C@@H]3C[C@H](O[C@H]4O[C@@H](C)C(=O)[C@H](O[C@H]5O[C@@H](C)[C@H](O[C@H]6O[C@@H](C)[C@@H](O)[C@H](O)[C@H]6O[C@H]6O[C@@H](C)[C@@H](O)[C@H](O[C@H]7O[C@@H](CO)[C@@H](O)[C@H](O)[C@H]7O)[C@H]6O)[C@H](O)[C@H]5O[C@H]5O[C@@H](C)[C@H](O)C(O)[C@H]5O)[C@@H]4O)[C@H]4C[C@H](OS(=O)(=O)[O-])CC[C@@]4(C)C3=CC[C@]12C.[Na+]. The number of ether oxygens (including phenoxy) is 12. The third-order valence-electron chi connectivity index (χ3n) is 23.6. The van der Waals surface area contributed by atoms with Crippen molar-refractivity contribution in [1.82, 2.24) is 0 Å². The quantitative estimate of drug-likeness (QED) is 0.0234. The summed E-state index contributed by atoms with van der Waals surface area (Å²) in [6, 6.07) is 0. The Morgan fingerprint density at radius 2 is 1.11 bits per heavy atom. The normalized spacial score (nSPS) is 51.5. The van der Waals surface area contributed by atoms with Gasteiger partial charge in [-0.3, -0.25) is 8.98 Å². The van der Waals surface area contributed by atoms with Crippen LogP contribution in [0.4, 0.5) is 0 Å². The maximum Gasteiger partial charge on any atom is 1.00 e. The first-order valence-corrected chi connectivity index (χ1v) is 35.4. The molecular formula is C64H105NaO31S. The van der Waals surface area contributed by atoms with Crippen molar-refractivity contribution < 1.29 is 180 Å². The molecule has 0 spiro atoms. The van der Waals surface area contributed by atoms with E-state index in [0.29, 0.717) is 37.5 Å². The fourth-order valence-electron chi connectivity index (χ4n) is 17.3. The molecule has 3 saturated carbocycles. The second-order valence-corrected chi connectivity index (χ2v) is 31.1. The predicted molar refractivity (Wildman–Crippen MR) is 323 cm³/mol. The zero-order chi connectivity index (χ0) is 70.5. The van der Waals surface area contributed by atoms with Gasteiger partial charge >= 0.3 is 29.6 Å². The van der Waals surface area contributed by atoms with Crippen LogP contribution in [-0.2, 0) is 76.2 Å². The van der Waals surface area contributed by atoms with Crippen molar-refractivity contribution in [1.29, 1.82) is 0 Å². The van der Waals surface area contributed by atoms with Crippen molar-refractivity contribution in [2.75, 3.05) is 6.61 Å². The number of rotatable bonds is 20. The fourth-order valence-corrected chi connectivity index (χ4v) is 17.8. The molecule has 0 aromatic rings. The molecule has 33 heteroatoms. The van der Waals surface area contributed by atoms with E-state index in [1.165, 1.54) is 40.2 Å². The van der Waals surface area contributed by atoms with Crippen molar-refractivity contribution in [3.8, 4) is 0 Å².